The second-order valence-corrected chi connectivity index (χ2v) is 6.81. The predicted octanol–water partition coefficient (Wildman–Crippen LogP) is 0.685. The van der Waals surface area contributed by atoms with E-state index in [4.69, 9.17) is 18.9 Å². The van der Waals surface area contributed by atoms with Crippen molar-refractivity contribution in [1.82, 2.24) is 0 Å². The summed E-state index contributed by atoms with van der Waals surface area (Å²) in [4.78, 5) is 36.5. The van der Waals surface area contributed by atoms with Gasteiger partial charge in [-0.25, -0.2) is 0 Å². The van der Waals surface area contributed by atoms with Crippen LogP contribution in [0.4, 0.5) is 0 Å². The molecule has 8 heteroatoms. The zero-order chi connectivity index (χ0) is 18.3. The summed E-state index contributed by atoms with van der Waals surface area (Å²) in [7, 11) is 3.92. The Hall–Kier alpha value is -1.67. The molecule has 2 fully saturated rings. The first-order valence-corrected chi connectivity index (χ1v) is 7.71. The monoisotopic (exact) mass is 344 g/mol. The molecule has 0 spiro atoms. The van der Waals surface area contributed by atoms with Crippen molar-refractivity contribution in [3.8, 4) is 0 Å². The Morgan fingerprint density at radius 3 is 2.25 bits per heavy atom. The molecule has 0 aromatic heterocycles. The number of hydrogen-bond acceptors (Lipinski definition) is 7. The van der Waals surface area contributed by atoms with Gasteiger partial charge >= 0.3 is 17.9 Å². The second kappa shape index (κ2) is 6.33. The van der Waals surface area contributed by atoms with Crippen LogP contribution in [0.2, 0.25) is 0 Å². The molecule has 1 saturated heterocycles. The van der Waals surface area contributed by atoms with Crippen molar-refractivity contribution in [2.75, 3.05) is 27.9 Å². The number of rotatable bonds is 5. The average molecular weight is 344 g/mol. The Balaban J connectivity index is 2.61. The molecule has 136 valence electrons. The summed E-state index contributed by atoms with van der Waals surface area (Å²) in [6.07, 6.45) is -0.832. The SMILES string of the molecule is COC(=O)CC1C(C(=O)O)[C@](C)(C(=O)OC)[C@]2(C)COC(OC)C12. The van der Waals surface area contributed by atoms with E-state index in [0.29, 0.717) is 0 Å². The van der Waals surface area contributed by atoms with Gasteiger partial charge in [0.05, 0.1) is 32.2 Å². The van der Waals surface area contributed by atoms with E-state index in [9.17, 15) is 19.5 Å². The Labute approximate surface area is 140 Å². The zero-order valence-electron chi connectivity index (χ0n) is 14.5. The van der Waals surface area contributed by atoms with Gasteiger partial charge < -0.3 is 24.1 Å². The predicted molar refractivity (Wildman–Crippen MR) is 79.7 cm³/mol. The van der Waals surface area contributed by atoms with E-state index in [-0.39, 0.29) is 13.0 Å². The Morgan fingerprint density at radius 1 is 1.17 bits per heavy atom. The van der Waals surface area contributed by atoms with Crippen LogP contribution in [-0.4, -0.2) is 57.2 Å². The van der Waals surface area contributed by atoms with E-state index in [1.165, 1.54) is 21.3 Å². The van der Waals surface area contributed by atoms with Gasteiger partial charge in [-0.2, -0.15) is 0 Å². The van der Waals surface area contributed by atoms with Gasteiger partial charge in [0.15, 0.2) is 6.29 Å². The molecular weight excluding hydrogens is 320 g/mol. The van der Waals surface area contributed by atoms with Gasteiger partial charge in [0.25, 0.3) is 0 Å². The molecule has 8 nitrogen and oxygen atoms in total. The lowest BCUT2D eigenvalue weighted by molar-refractivity contribution is -0.173. The van der Waals surface area contributed by atoms with Crippen LogP contribution in [0.1, 0.15) is 20.3 Å². The highest BCUT2D eigenvalue weighted by molar-refractivity contribution is 5.87. The lowest BCUT2D eigenvalue weighted by Gasteiger charge is -2.39. The normalized spacial score (nSPS) is 40.9. The summed E-state index contributed by atoms with van der Waals surface area (Å²) in [5.41, 5.74) is -2.20. The largest absolute Gasteiger partial charge is 0.481 e. The minimum Gasteiger partial charge on any atom is -0.481 e. The number of carbonyl (C=O) groups excluding carboxylic acids is 2. The van der Waals surface area contributed by atoms with Crippen LogP contribution >= 0.6 is 0 Å². The van der Waals surface area contributed by atoms with Crippen molar-refractivity contribution < 1.29 is 38.4 Å². The highest BCUT2D eigenvalue weighted by Gasteiger charge is 2.74. The highest BCUT2D eigenvalue weighted by Crippen LogP contribution is 2.67. The van der Waals surface area contributed by atoms with E-state index < -0.39 is 52.8 Å². The van der Waals surface area contributed by atoms with Crippen molar-refractivity contribution in [2.45, 2.75) is 26.6 Å². The topological polar surface area (TPSA) is 108 Å². The third-order valence-corrected chi connectivity index (χ3v) is 6.01. The fourth-order valence-corrected chi connectivity index (χ4v) is 4.65. The van der Waals surface area contributed by atoms with Crippen LogP contribution in [0.15, 0.2) is 0 Å². The molecule has 2 rings (SSSR count). The number of esters is 2. The first-order chi connectivity index (χ1) is 11.2. The van der Waals surface area contributed by atoms with Gasteiger partial charge in [0.2, 0.25) is 0 Å². The lowest BCUT2D eigenvalue weighted by Crippen LogP contribution is -2.49. The summed E-state index contributed by atoms with van der Waals surface area (Å²) >= 11 is 0. The van der Waals surface area contributed by atoms with Crippen LogP contribution in [0.3, 0.4) is 0 Å². The molecule has 0 bridgehead atoms. The second-order valence-electron chi connectivity index (χ2n) is 6.81. The van der Waals surface area contributed by atoms with Crippen molar-refractivity contribution in [1.29, 1.82) is 0 Å². The van der Waals surface area contributed by atoms with E-state index in [0.717, 1.165) is 0 Å². The molecule has 2 aliphatic rings. The highest BCUT2D eigenvalue weighted by atomic mass is 16.7. The first kappa shape index (κ1) is 18.7. The van der Waals surface area contributed by atoms with Crippen molar-refractivity contribution >= 4 is 17.9 Å². The van der Waals surface area contributed by atoms with Crippen molar-refractivity contribution in [3.63, 3.8) is 0 Å². The number of carboxylic acid groups (broad SMARTS) is 1. The lowest BCUT2D eigenvalue weighted by atomic mass is 9.63. The number of methoxy groups -OCH3 is 3. The Bertz CT molecular complexity index is 546. The van der Waals surface area contributed by atoms with Crippen LogP contribution < -0.4 is 0 Å². The van der Waals surface area contributed by atoms with Gasteiger partial charge in [0, 0.05) is 24.9 Å². The molecule has 1 aliphatic carbocycles. The van der Waals surface area contributed by atoms with Crippen LogP contribution in [0, 0.1) is 28.6 Å². The first-order valence-electron chi connectivity index (χ1n) is 7.71. The number of carbonyl (C=O) groups is 3. The van der Waals surface area contributed by atoms with Gasteiger partial charge in [-0.3, -0.25) is 14.4 Å². The number of aliphatic carboxylic acids is 1. The molecule has 1 saturated carbocycles. The molecule has 0 amide bonds. The third kappa shape index (κ3) is 2.31. The molecule has 6 atom stereocenters. The molecule has 1 N–H and O–H groups in total. The van der Waals surface area contributed by atoms with Gasteiger partial charge in [-0.15, -0.1) is 0 Å². The molecule has 1 aliphatic heterocycles. The zero-order valence-corrected chi connectivity index (χ0v) is 14.5. The fraction of sp³-hybridized carbons (Fsp3) is 0.812. The standard InChI is InChI=1S/C16H24O8/c1-15-7-24-13(22-4)11(15)8(6-9(17)21-3)10(12(18)19)16(15,2)14(20)23-5/h8,10-11,13H,6-7H2,1-5H3,(H,18,19)/t8?,10?,11?,13?,15-,16-/m1/s1. The third-order valence-electron chi connectivity index (χ3n) is 6.01. The van der Waals surface area contributed by atoms with Crippen molar-refractivity contribution in [3.05, 3.63) is 0 Å². The minimum atomic E-state index is -1.36. The summed E-state index contributed by atoms with van der Waals surface area (Å²) < 4.78 is 20.7. The van der Waals surface area contributed by atoms with E-state index in [1.807, 2.05) is 0 Å². The Kier molecular flexibility index (Phi) is 4.92. The Morgan fingerprint density at radius 2 is 1.79 bits per heavy atom. The maximum atomic E-state index is 12.6. The van der Waals surface area contributed by atoms with Crippen LogP contribution in [0.5, 0.6) is 0 Å². The van der Waals surface area contributed by atoms with Crippen LogP contribution in [-0.2, 0) is 33.3 Å². The summed E-state index contributed by atoms with van der Waals surface area (Å²) in [5, 5.41) is 9.84. The maximum Gasteiger partial charge on any atom is 0.313 e. The summed E-state index contributed by atoms with van der Waals surface area (Å²) in [6, 6.07) is 0. The fourth-order valence-electron chi connectivity index (χ4n) is 4.65. The molecule has 0 radical (unpaired) electrons. The molecule has 24 heavy (non-hydrogen) atoms. The molecular formula is C16H24O8. The molecule has 1 heterocycles. The van der Waals surface area contributed by atoms with Gasteiger partial charge in [-0.1, -0.05) is 6.92 Å². The number of fused-ring (bicyclic) bond motifs is 1. The van der Waals surface area contributed by atoms with Gasteiger partial charge in [-0.05, 0) is 12.8 Å². The van der Waals surface area contributed by atoms with E-state index in [1.54, 1.807) is 13.8 Å². The van der Waals surface area contributed by atoms with E-state index in [2.05, 4.69) is 0 Å². The quantitative estimate of drug-likeness (QED) is 0.726. The van der Waals surface area contributed by atoms with Gasteiger partial charge in [0.1, 0.15) is 0 Å². The molecule has 0 aromatic carbocycles. The smallest absolute Gasteiger partial charge is 0.313 e. The van der Waals surface area contributed by atoms with Crippen LogP contribution in [0.25, 0.3) is 0 Å². The van der Waals surface area contributed by atoms with Crippen molar-refractivity contribution in [2.24, 2.45) is 28.6 Å². The summed E-state index contributed by atoms with van der Waals surface area (Å²) in [6.45, 7) is 3.51. The minimum absolute atomic E-state index is 0.135. The number of ether oxygens (including phenoxy) is 4. The number of carboxylic acids is 1. The summed E-state index contributed by atoms with van der Waals surface area (Å²) in [5.74, 6) is -4.55. The van der Waals surface area contributed by atoms with E-state index >= 15 is 0 Å². The maximum absolute atomic E-state index is 12.6. The average Bonchev–Trinajstić information content (AvgIpc) is 2.98. The molecule has 0 aromatic rings. The number of hydrogen-bond donors (Lipinski definition) is 1. The molecule has 4 unspecified atom stereocenters.